The second kappa shape index (κ2) is 4.28. The van der Waals surface area contributed by atoms with Gasteiger partial charge in [0.2, 0.25) is 0 Å². The summed E-state index contributed by atoms with van der Waals surface area (Å²) in [5.41, 5.74) is -0.169. The van der Waals surface area contributed by atoms with Gasteiger partial charge in [0.25, 0.3) is 0 Å². The molecule has 74 valence electrons. The smallest absolute Gasteiger partial charge is 0.344 e. The molecule has 1 nitrogen and oxygen atoms in total. The van der Waals surface area contributed by atoms with E-state index in [4.69, 9.17) is 0 Å². The molecule has 0 amide bonds. The maximum Gasteiger partial charge on any atom is 0.416 e. The second-order valence-electron chi connectivity index (χ2n) is 2.51. The lowest BCUT2D eigenvalue weighted by atomic mass is 10.1. The Labute approximate surface area is 75.2 Å². The van der Waals surface area contributed by atoms with Gasteiger partial charge < -0.3 is 6.15 Å². The van der Waals surface area contributed by atoms with Gasteiger partial charge in [0.1, 0.15) is 0 Å². The van der Waals surface area contributed by atoms with Crippen LogP contribution in [0.5, 0.6) is 0 Å². The molecule has 0 aliphatic rings. The molecular weight excluding hydrogens is 179 g/mol. The van der Waals surface area contributed by atoms with Crippen LogP contribution in [0.1, 0.15) is 18.1 Å². The first-order chi connectivity index (χ1) is 5.55. The van der Waals surface area contributed by atoms with Crippen molar-refractivity contribution in [3.8, 4) is 0 Å². The van der Waals surface area contributed by atoms with E-state index in [0.717, 1.165) is 6.07 Å². The topological polar surface area (TPSA) is 35.0 Å². The number of rotatable bonds is 1. The van der Waals surface area contributed by atoms with Crippen molar-refractivity contribution in [3.05, 3.63) is 35.4 Å². The third-order valence-corrected chi connectivity index (χ3v) is 1.70. The fraction of sp³-hybridized carbons (Fsp3) is 0.333. The average molecular weight is 191 g/mol. The van der Waals surface area contributed by atoms with Crippen LogP contribution in [0.3, 0.4) is 0 Å². The third-order valence-electron chi connectivity index (χ3n) is 1.70. The second-order valence-corrected chi connectivity index (χ2v) is 2.51. The molecule has 0 fully saturated rings. The van der Waals surface area contributed by atoms with Gasteiger partial charge in [-0.05, 0) is 18.1 Å². The Morgan fingerprint density at radius 1 is 1.15 bits per heavy atom. The highest BCUT2D eigenvalue weighted by molar-refractivity contribution is 5.29. The van der Waals surface area contributed by atoms with Crippen LogP contribution in [0, 0.1) is 0 Å². The molecule has 0 aliphatic heterocycles. The normalized spacial score (nSPS) is 10.8. The van der Waals surface area contributed by atoms with Crippen molar-refractivity contribution in [3.63, 3.8) is 0 Å². The lowest BCUT2D eigenvalue weighted by molar-refractivity contribution is -0.138. The fourth-order valence-electron chi connectivity index (χ4n) is 1.11. The molecule has 3 N–H and O–H groups in total. The summed E-state index contributed by atoms with van der Waals surface area (Å²) in [7, 11) is 0. The Kier molecular flexibility index (Phi) is 3.94. The highest BCUT2D eigenvalue weighted by atomic mass is 19.4. The van der Waals surface area contributed by atoms with E-state index in [0.29, 0.717) is 12.0 Å². The van der Waals surface area contributed by atoms with Crippen molar-refractivity contribution >= 4 is 0 Å². The highest BCUT2D eigenvalue weighted by Crippen LogP contribution is 2.31. The lowest BCUT2D eigenvalue weighted by Gasteiger charge is -2.10. The molecule has 0 atom stereocenters. The van der Waals surface area contributed by atoms with Gasteiger partial charge in [-0.1, -0.05) is 25.1 Å². The fourth-order valence-corrected chi connectivity index (χ4v) is 1.11. The first-order valence-corrected chi connectivity index (χ1v) is 3.70. The van der Waals surface area contributed by atoms with Crippen molar-refractivity contribution in [2.24, 2.45) is 0 Å². The van der Waals surface area contributed by atoms with Crippen molar-refractivity contribution < 1.29 is 13.2 Å². The molecule has 0 radical (unpaired) electrons. The van der Waals surface area contributed by atoms with E-state index in [1.165, 1.54) is 12.1 Å². The highest BCUT2D eigenvalue weighted by Gasteiger charge is 2.32. The minimum Gasteiger partial charge on any atom is -0.344 e. The molecule has 1 aromatic carbocycles. The Morgan fingerprint density at radius 3 is 2.08 bits per heavy atom. The van der Waals surface area contributed by atoms with E-state index in [2.05, 4.69) is 0 Å². The van der Waals surface area contributed by atoms with Gasteiger partial charge in [-0.2, -0.15) is 13.2 Å². The zero-order valence-corrected chi connectivity index (χ0v) is 7.36. The summed E-state index contributed by atoms with van der Waals surface area (Å²) in [6.45, 7) is 1.71. The maximum atomic E-state index is 12.2. The molecule has 0 bridgehead atoms. The monoisotopic (exact) mass is 191 g/mol. The van der Waals surface area contributed by atoms with Gasteiger partial charge in [0.15, 0.2) is 0 Å². The first-order valence-electron chi connectivity index (χ1n) is 3.70. The summed E-state index contributed by atoms with van der Waals surface area (Å²) in [5, 5.41) is 0. The molecule has 0 unspecified atom stereocenters. The van der Waals surface area contributed by atoms with Crippen LogP contribution in [0.25, 0.3) is 0 Å². The molecule has 0 saturated heterocycles. The van der Waals surface area contributed by atoms with Crippen molar-refractivity contribution in [1.82, 2.24) is 6.15 Å². The van der Waals surface area contributed by atoms with Gasteiger partial charge in [-0.25, -0.2) is 0 Å². The molecule has 13 heavy (non-hydrogen) atoms. The van der Waals surface area contributed by atoms with E-state index in [1.54, 1.807) is 13.0 Å². The van der Waals surface area contributed by atoms with E-state index in [1.807, 2.05) is 0 Å². The van der Waals surface area contributed by atoms with Crippen LogP contribution in [-0.4, -0.2) is 0 Å². The number of alkyl halides is 3. The molecule has 4 heteroatoms. The molecule has 0 heterocycles. The standard InChI is InChI=1S/C9H9F3.H3N/c1-2-7-5-3-4-6-8(7)9(10,11)12;/h3-6H,2H2,1H3;1H3. The van der Waals surface area contributed by atoms with E-state index in [-0.39, 0.29) is 6.15 Å². The predicted molar refractivity (Wildman–Crippen MR) is 45.8 cm³/mol. The molecule has 0 spiro atoms. The Balaban J connectivity index is 0.00000144. The minimum absolute atomic E-state index is 0. The lowest BCUT2D eigenvalue weighted by Crippen LogP contribution is -2.08. The van der Waals surface area contributed by atoms with Gasteiger partial charge >= 0.3 is 6.18 Å². The van der Waals surface area contributed by atoms with Crippen LogP contribution in [0.2, 0.25) is 0 Å². The number of hydrogen-bond donors (Lipinski definition) is 1. The Bertz CT molecular complexity index is 268. The van der Waals surface area contributed by atoms with Gasteiger partial charge in [-0.15, -0.1) is 0 Å². The summed E-state index contributed by atoms with van der Waals surface area (Å²) in [4.78, 5) is 0. The van der Waals surface area contributed by atoms with Crippen LogP contribution >= 0.6 is 0 Å². The van der Waals surface area contributed by atoms with Gasteiger partial charge in [-0.3, -0.25) is 0 Å². The quantitative estimate of drug-likeness (QED) is 0.725. The zero-order chi connectivity index (χ0) is 9.19. The number of hydrogen-bond acceptors (Lipinski definition) is 1. The molecule has 0 aromatic heterocycles. The molecule has 0 saturated carbocycles. The van der Waals surface area contributed by atoms with Gasteiger partial charge in [0, 0.05) is 0 Å². The SMILES string of the molecule is CCc1ccccc1C(F)(F)F.N. The van der Waals surface area contributed by atoms with Crippen molar-refractivity contribution in [1.29, 1.82) is 0 Å². The summed E-state index contributed by atoms with van der Waals surface area (Å²) in [5.74, 6) is 0. The summed E-state index contributed by atoms with van der Waals surface area (Å²) < 4.78 is 36.7. The Morgan fingerprint density at radius 2 is 1.69 bits per heavy atom. The molecule has 1 aromatic rings. The summed E-state index contributed by atoms with van der Waals surface area (Å²) in [6.07, 6.45) is -3.80. The van der Waals surface area contributed by atoms with Crippen LogP contribution < -0.4 is 6.15 Å². The van der Waals surface area contributed by atoms with E-state index >= 15 is 0 Å². The summed E-state index contributed by atoms with van der Waals surface area (Å²) in [6, 6.07) is 5.64. The van der Waals surface area contributed by atoms with Crippen LogP contribution in [-0.2, 0) is 12.6 Å². The third kappa shape index (κ3) is 2.73. The number of benzene rings is 1. The van der Waals surface area contributed by atoms with Crippen LogP contribution in [0.4, 0.5) is 13.2 Å². The van der Waals surface area contributed by atoms with Crippen molar-refractivity contribution in [2.45, 2.75) is 19.5 Å². The number of halogens is 3. The zero-order valence-electron chi connectivity index (χ0n) is 7.36. The molecular formula is C9H12F3N. The Hall–Kier alpha value is -1.03. The van der Waals surface area contributed by atoms with E-state index < -0.39 is 11.7 Å². The molecule has 1 rings (SSSR count). The maximum absolute atomic E-state index is 12.2. The average Bonchev–Trinajstić information content (AvgIpc) is 2.03. The predicted octanol–water partition coefficient (Wildman–Crippen LogP) is 3.43. The van der Waals surface area contributed by atoms with Crippen LogP contribution in [0.15, 0.2) is 24.3 Å². The van der Waals surface area contributed by atoms with E-state index in [9.17, 15) is 13.2 Å². The largest absolute Gasteiger partial charge is 0.416 e. The van der Waals surface area contributed by atoms with Gasteiger partial charge in [0.05, 0.1) is 5.56 Å². The number of aryl methyl sites for hydroxylation is 1. The first kappa shape index (κ1) is 12.0. The van der Waals surface area contributed by atoms with Crippen molar-refractivity contribution in [2.75, 3.05) is 0 Å². The summed E-state index contributed by atoms with van der Waals surface area (Å²) >= 11 is 0. The minimum atomic E-state index is -4.22. The molecule has 0 aliphatic carbocycles.